The summed E-state index contributed by atoms with van der Waals surface area (Å²) in [4.78, 5) is 28.2. The molecule has 36 heavy (non-hydrogen) atoms. The van der Waals surface area contributed by atoms with Gasteiger partial charge in [-0.1, -0.05) is 62.2 Å². The Morgan fingerprint density at radius 2 is 1.67 bits per heavy atom. The van der Waals surface area contributed by atoms with Crippen molar-refractivity contribution in [2.24, 2.45) is 5.92 Å². The fraction of sp³-hybridized carbons (Fsp3) is 0.440. The van der Waals surface area contributed by atoms with E-state index in [1.54, 1.807) is 49.4 Å². The second-order valence-corrected chi connectivity index (χ2v) is 11.4. The fourth-order valence-corrected chi connectivity index (χ4v) is 5.00. The van der Waals surface area contributed by atoms with Gasteiger partial charge in [-0.25, -0.2) is 8.42 Å². The first-order valence-electron chi connectivity index (χ1n) is 11.5. The number of hydrogen-bond acceptors (Lipinski definition) is 5. The number of methoxy groups -OCH3 is 1. The van der Waals surface area contributed by atoms with Crippen LogP contribution in [0.3, 0.4) is 0 Å². The second-order valence-electron chi connectivity index (χ2n) is 8.73. The number of ether oxygens (including phenoxy) is 1. The smallest absolute Gasteiger partial charge is 0.244 e. The zero-order chi connectivity index (χ0) is 27.0. The van der Waals surface area contributed by atoms with E-state index >= 15 is 0 Å². The van der Waals surface area contributed by atoms with E-state index in [-0.39, 0.29) is 29.8 Å². The number of nitrogens with zero attached hydrogens (tertiary/aromatic N) is 2. The molecule has 1 atom stereocenters. The maximum atomic E-state index is 13.8. The first-order chi connectivity index (χ1) is 16.9. The molecule has 0 spiro atoms. The van der Waals surface area contributed by atoms with Gasteiger partial charge in [0, 0.05) is 28.7 Å². The van der Waals surface area contributed by atoms with Gasteiger partial charge < -0.3 is 15.0 Å². The summed E-state index contributed by atoms with van der Waals surface area (Å²) < 4.78 is 31.8. The van der Waals surface area contributed by atoms with Crippen molar-refractivity contribution >= 4 is 50.7 Å². The van der Waals surface area contributed by atoms with Gasteiger partial charge >= 0.3 is 0 Å². The Labute approximate surface area is 223 Å². The van der Waals surface area contributed by atoms with Crippen molar-refractivity contribution in [2.45, 2.75) is 39.8 Å². The maximum Gasteiger partial charge on any atom is 0.244 e. The summed E-state index contributed by atoms with van der Waals surface area (Å²) in [7, 11) is -2.47. The van der Waals surface area contributed by atoms with Crippen LogP contribution in [-0.4, -0.2) is 57.6 Å². The Balaban J connectivity index is 2.52. The number of halogens is 2. The standard InChI is InChI=1S/C25H33Cl2N3O5S/c1-6-21(25(32)28-14-17(2)3)29(15-18-19(26)10-9-11-20(18)27)24(31)16-30(36(5,33)34)22-12-7-8-13-23(22)35-4/h7-13,17,21H,6,14-16H2,1-5H3,(H,28,32). The summed E-state index contributed by atoms with van der Waals surface area (Å²) >= 11 is 12.8. The molecule has 0 fully saturated rings. The van der Waals surface area contributed by atoms with E-state index in [9.17, 15) is 18.0 Å². The van der Waals surface area contributed by atoms with Gasteiger partial charge in [0.1, 0.15) is 18.3 Å². The van der Waals surface area contributed by atoms with Gasteiger partial charge in [0.25, 0.3) is 0 Å². The highest BCUT2D eigenvalue weighted by Crippen LogP contribution is 2.31. The van der Waals surface area contributed by atoms with E-state index in [0.29, 0.717) is 28.6 Å². The van der Waals surface area contributed by atoms with Crippen LogP contribution in [-0.2, 0) is 26.2 Å². The minimum Gasteiger partial charge on any atom is -0.495 e. The van der Waals surface area contributed by atoms with Crippen LogP contribution in [0.15, 0.2) is 42.5 Å². The van der Waals surface area contributed by atoms with Crippen LogP contribution in [0.4, 0.5) is 5.69 Å². The number of carbonyl (C=O) groups is 2. The molecule has 11 heteroatoms. The van der Waals surface area contributed by atoms with Crippen LogP contribution in [0.2, 0.25) is 10.0 Å². The van der Waals surface area contributed by atoms with Crippen LogP contribution in [0, 0.1) is 5.92 Å². The number of rotatable bonds is 12. The van der Waals surface area contributed by atoms with Gasteiger partial charge in [0.2, 0.25) is 21.8 Å². The van der Waals surface area contributed by atoms with Crippen molar-refractivity contribution in [1.82, 2.24) is 10.2 Å². The molecule has 2 amide bonds. The number of nitrogens with one attached hydrogen (secondary N) is 1. The summed E-state index contributed by atoms with van der Waals surface area (Å²) in [6.07, 6.45) is 1.31. The number of sulfonamides is 1. The van der Waals surface area contributed by atoms with Crippen molar-refractivity contribution in [3.8, 4) is 5.75 Å². The molecule has 198 valence electrons. The topological polar surface area (TPSA) is 96.0 Å². The number of para-hydroxylation sites is 2. The van der Waals surface area contributed by atoms with Crippen molar-refractivity contribution in [3.63, 3.8) is 0 Å². The van der Waals surface area contributed by atoms with Crippen molar-refractivity contribution < 1.29 is 22.7 Å². The predicted octanol–water partition coefficient (Wildman–Crippen LogP) is 4.35. The predicted molar refractivity (Wildman–Crippen MR) is 144 cm³/mol. The third-order valence-electron chi connectivity index (χ3n) is 5.49. The average Bonchev–Trinajstić information content (AvgIpc) is 2.81. The van der Waals surface area contributed by atoms with E-state index in [1.807, 2.05) is 13.8 Å². The Hall–Kier alpha value is -2.49. The molecule has 0 bridgehead atoms. The highest BCUT2D eigenvalue weighted by molar-refractivity contribution is 7.92. The fourth-order valence-electron chi connectivity index (χ4n) is 3.63. The van der Waals surface area contributed by atoms with Gasteiger partial charge in [0.15, 0.2) is 0 Å². The number of hydrogen-bond donors (Lipinski definition) is 1. The highest BCUT2D eigenvalue weighted by atomic mass is 35.5. The third-order valence-corrected chi connectivity index (χ3v) is 7.33. The zero-order valence-corrected chi connectivity index (χ0v) is 23.5. The Kier molecular flexibility index (Phi) is 10.9. The molecule has 0 aliphatic heterocycles. The third kappa shape index (κ3) is 7.75. The van der Waals surface area contributed by atoms with E-state index in [2.05, 4.69) is 5.32 Å². The molecule has 0 radical (unpaired) electrons. The quantitative estimate of drug-likeness (QED) is 0.418. The average molecular weight is 559 g/mol. The SMILES string of the molecule is CCC(C(=O)NCC(C)C)N(Cc1c(Cl)cccc1Cl)C(=O)CN(c1ccccc1OC)S(C)(=O)=O. The molecular formula is C25H33Cl2N3O5S. The number of anilines is 1. The van der Waals surface area contributed by atoms with Crippen LogP contribution in [0.25, 0.3) is 0 Å². The van der Waals surface area contributed by atoms with Crippen LogP contribution in [0.5, 0.6) is 5.75 Å². The molecule has 0 saturated heterocycles. The number of benzene rings is 2. The number of carbonyl (C=O) groups excluding carboxylic acids is 2. The molecule has 2 aromatic rings. The highest BCUT2D eigenvalue weighted by Gasteiger charge is 2.33. The zero-order valence-electron chi connectivity index (χ0n) is 21.1. The van der Waals surface area contributed by atoms with Crippen LogP contribution in [0.1, 0.15) is 32.8 Å². The van der Waals surface area contributed by atoms with Crippen molar-refractivity contribution in [3.05, 3.63) is 58.1 Å². The molecule has 0 saturated carbocycles. The van der Waals surface area contributed by atoms with E-state index in [0.717, 1.165) is 10.6 Å². The summed E-state index contributed by atoms with van der Waals surface area (Å²) in [6.45, 7) is 5.52. The second kappa shape index (κ2) is 13.2. The molecular weight excluding hydrogens is 525 g/mol. The van der Waals surface area contributed by atoms with Crippen molar-refractivity contribution in [2.75, 3.05) is 30.8 Å². The minimum absolute atomic E-state index is 0.0749. The molecule has 0 aliphatic carbocycles. The summed E-state index contributed by atoms with van der Waals surface area (Å²) in [6, 6.07) is 10.6. The Bertz CT molecular complexity index is 1150. The molecule has 0 heterocycles. The van der Waals surface area contributed by atoms with Crippen molar-refractivity contribution in [1.29, 1.82) is 0 Å². The van der Waals surface area contributed by atoms with Gasteiger partial charge in [0.05, 0.1) is 19.1 Å². The lowest BCUT2D eigenvalue weighted by Gasteiger charge is -2.33. The van der Waals surface area contributed by atoms with E-state index in [4.69, 9.17) is 27.9 Å². The van der Waals surface area contributed by atoms with Crippen LogP contribution < -0.4 is 14.4 Å². The Morgan fingerprint density at radius 3 is 2.19 bits per heavy atom. The molecule has 0 aliphatic rings. The van der Waals surface area contributed by atoms with Gasteiger partial charge in [-0.15, -0.1) is 0 Å². The molecule has 2 rings (SSSR count). The van der Waals surface area contributed by atoms with Gasteiger partial charge in [-0.3, -0.25) is 13.9 Å². The summed E-state index contributed by atoms with van der Waals surface area (Å²) in [5.41, 5.74) is 0.677. The lowest BCUT2D eigenvalue weighted by molar-refractivity contribution is -0.140. The molecule has 0 aromatic heterocycles. The monoisotopic (exact) mass is 557 g/mol. The molecule has 8 nitrogen and oxygen atoms in total. The van der Waals surface area contributed by atoms with Crippen LogP contribution >= 0.6 is 23.2 Å². The first kappa shape index (κ1) is 29.7. The molecule has 1 unspecified atom stereocenters. The number of amides is 2. The molecule has 2 aromatic carbocycles. The lowest BCUT2D eigenvalue weighted by Crippen LogP contribution is -2.52. The first-order valence-corrected chi connectivity index (χ1v) is 14.1. The summed E-state index contributed by atoms with van der Waals surface area (Å²) in [5, 5.41) is 3.54. The minimum atomic E-state index is -3.89. The largest absolute Gasteiger partial charge is 0.495 e. The normalized spacial score (nSPS) is 12.2. The van der Waals surface area contributed by atoms with Gasteiger partial charge in [-0.2, -0.15) is 0 Å². The Morgan fingerprint density at radius 1 is 1.06 bits per heavy atom. The van der Waals surface area contributed by atoms with E-state index in [1.165, 1.54) is 12.0 Å². The van der Waals surface area contributed by atoms with Gasteiger partial charge in [-0.05, 0) is 36.6 Å². The molecule has 1 N–H and O–H groups in total. The van der Waals surface area contributed by atoms with E-state index < -0.39 is 28.5 Å². The maximum absolute atomic E-state index is 13.8. The lowest BCUT2D eigenvalue weighted by atomic mass is 10.1. The summed E-state index contributed by atoms with van der Waals surface area (Å²) in [5.74, 6) is -0.433.